The fourth-order valence-electron chi connectivity index (χ4n) is 3.37. The first-order valence-corrected chi connectivity index (χ1v) is 11.0. The maximum Gasteiger partial charge on any atom is 0.490 e. The average Bonchev–Trinajstić information content (AvgIpc) is 3.40. The molecule has 2 aromatic heterocycles. The summed E-state index contributed by atoms with van der Waals surface area (Å²) in [7, 11) is 3.66. The van der Waals surface area contributed by atoms with Crippen LogP contribution in [0.4, 0.5) is 26.3 Å². The zero-order valence-corrected chi connectivity index (χ0v) is 20.4. The molecular formula is C22H28F6N4O6. The molecule has 1 aliphatic rings. The van der Waals surface area contributed by atoms with Gasteiger partial charge in [-0.15, -0.1) is 0 Å². The van der Waals surface area contributed by atoms with Gasteiger partial charge in [0.05, 0.1) is 25.5 Å². The van der Waals surface area contributed by atoms with E-state index in [0.29, 0.717) is 19.3 Å². The molecule has 38 heavy (non-hydrogen) atoms. The molecule has 10 nitrogen and oxygen atoms in total. The third kappa shape index (κ3) is 12.3. The molecule has 0 amide bonds. The quantitative estimate of drug-likeness (QED) is 0.372. The van der Waals surface area contributed by atoms with E-state index in [0.717, 1.165) is 25.9 Å². The van der Waals surface area contributed by atoms with Crippen molar-refractivity contribution in [2.24, 2.45) is 7.05 Å². The van der Waals surface area contributed by atoms with E-state index in [1.165, 1.54) is 11.1 Å². The van der Waals surface area contributed by atoms with Gasteiger partial charge in [0.25, 0.3) is 0 Å². The van der Waals surface area contributed by atoms with Gasteiger partial charge in [-0.25, -0.2) is 9.59 Å². The monoisotopic (exact) mass is 558 g/mol. The molecule has 16 heteroatoms. The summed E-state index contributed by atoms with van der Waals surface area (Å²) in [5, 5.41) is 18.5. The molecule has 214 valence electrons. The molecule has 0 spiro atoms. The third-order valence-electron chi connectivity index (χ3n) is 5.02. The highest BCUT2D eigenvalue weighted by Crippen LogP contribution is 2.26. The molecule has 3 heterocycles. The smallest absolute Gasteiger partial charge is 0.475 e. The Kier molecular flexibility index (Phi) is 13.1. The first-order valence-electron chi connectivity index (χ1n) is 11.0. The summed E-state index contributed by atoms with van der Waals surface area (Å²) in [6.07, 6.45) is -0.130. The summed E-state index contributed by atoms with van der Waals surface area (Å²) >= 11 is 0. The minimum atomic E-state index is -5.08. The predicted molar refractivity (Wildman–Crippen MR) is 119 cm³/mol. The number of halogens is 6. The Bertz CT molecular complexity index is 963. The number of methoxy groups -OCH3 is 1. The van der Waals surface area contributed by atoms with Crippen molar-refractivity contribution in [3.05, 3.63) is 48.0 Å². The van der Waals surface area contributed by atoms with E-state index in [1.807, 2.05) is 36.4 Å². The number of hydrogen-bond acceptors (Lipinski definition) is 7. The fraction of sp³-hybridized carbons (Fsp3) is 0.545. The molecular weight excluding hydrogens is 530 g/mol. The number of nitrogens with zero attached hydrogens (tertiary/aromatic N) is 4. The van der Waals surface area contributed by atoms with Crippen LogP contribution in [0.5, 0.6) is 0 Å². The maximum atomic E-state index is 10.6. The molecule has 0 bridgehead atoms. The van der Waals surface area contributed by atoms with Gasteiger partial charge in [0, 0.05) is 51.9 Å². The number of hydrogen-bond donors (Lipinski definition) is 2. The number of carboxylic acid groups (broad SMARTS) is 2. The molecule has 0 unspecified atom stereocenters. The van der Waals surface area contributed by atoms with Crippen molar-refractivity contribution in [1.82, 2.24) is 19.7 Å². The first kappa shape index (κ1) is 32.8. The van der Waals surface area contributed by atoms with Crippen molar-refractivity contribution < 1.29 is 55.6 Å². The minimum absolute atomic E-state index is 0.233. The molecule has 2 atom stereocenters. The van der Waals surface area contributed by atoms with Gasteiger partial charge < -0.3 is 19.7 Å². The molecule has 0 aliphatic carbocycles. The van der Waals surface area contributed by atoms with E-state index in [9.17, 15) is 26.3 Å². The Hall–Kier alpha value is -3.24. The number of alkyl halides is 6. The zero-order valence-electron chi connectivity index (χ0n) is 20.4. The third-order valence-corrected chi connectivity index (χ3v) is 5.02. The lowest BCUT2D eigenvalue weighted by Crippen LogP contribution is -2.38. The maximum absolute atomic E-state index is 10.6. The largest absolute Gasteiger partial charge is 0.490 e. The van der Waals surface area contributed by atoms with E-state index < -0.39 is 24.3 Å². The summed E-state index contributed by atoms with van der Waals surface area (Å²) in [6, 6.07) is 4.48. The van der Waals surface area contributed by atoms with Crippen LogP contribution in [-0.4, -0.2) is 93.2 Å². The lowest BCUT2D eigenvalue weighted by Gasteiger charge is -2.28. The number of pyridine rings is 1. The van der Waals surface area contributed by atoms with E-state index in [1.54, 1.807) is 7.11 Å². The predicted octanol–water partition coefficient (Wildman–Crippen LogP) is 2.93. The average molecular weight is 558 g/mol. The number of ether oxygens (including phenoxy) is 2. The minimum Gasteiger partial charge on any atom is -0.475 e. The van der Waals surface area contributed by atoms with Gasteiger partial charge in [-0.05, 0) is 30.0 Å². The summed E-state index contributed by atoms with van der Waals surface area (Å²) in [6.45, 7) is 3.23. The van der Waals surface area contributed by atoms with Crippen molar-refractivity contribution in [1.29, 1.82) is 0 Å². The highest BCUT2D eigenvalue weighted by Gasteiger charge is 2.39. The summed E-state index contributed by atoms with van der Waals surface area (Å²) < 4.78 is 76.5. The zero-order chi connectivity index (χ0) is 28.9. The van der Waals surface area contributed by atoms with Gasteiger partial charge in [0.1, 0.15) is 0 Å². The van der Waals surface area contributed by atoms with Crippen LogP contribution in [0.15, 0.2) is 36.9 Å². The summed E-state index contributed by atoms with van der Waals surface area (Å²) in [5.74, 6) is -5.51. The molecule has 0 radical (unpaired) electrons. The first-order chi connectivity index (χ1) is 17.6. The lowest BCUT2D eigenvalue weighted by atomic mass is 10.0. The van der Waals surface area contributed by atoms with Crippen molar-refractivity contribution in [2.45, 2.75) is 43.9 Å². The molecule has 3 rings (SSSR count). The molecule has 1 fully saturated rings. The normalized spacial score (nSPS) is 17.7. The number of carboxylic acids is 2. The van der Waals surface area contributed by atoms with Crippen LogP contribution < -0.4 is 0 Å². The van der Waals surface area contributed by atoms with Crippen LogP contribution in [0, 0.1) is 0 Å². The van der Waals surface area contributed by atoms with Gasteiger partial charge in [0.2, 0.25) is 0 Å². The van der Waals surface area contributed by atoms with Crippen LogP contribution in [0.1, 0.15) is 17.5 Å². The van der Waals surface area contributed by atoms with Gasteiger partial charge in [-0.2, -0.15) is 31.4 Å². The number of likely N-dealkylation sites (tertiary alicyclic amines) is 1. The van der Waals surface area contributed by atoms with Crippen LogP contribution >= 0.6 is 0 Å². The van der Waals surface area contributed by atoms with Gasteiger partial charge in [-0.3, -0.25) is 14.6 Å². The summed E-state index contributed by atoms with van der Waals surface area (Å²) in [5.41, 5.74) is 2.49. The second-order valence-corrected chi connectivity index (χ2v) is 7.92. The van der Waals surface area contributed by atoms with Crippen molar-refractivity contribution >= 4 is 11.9 Å². The SMILES string of the molecule is COCCO[C@H]1CCN(Cc2cccnc2)[C@H]1Cc1cnn(C)c1.O=C(O)C(F)(F)F.O=C(O)C(F)(F)F. The van der Waals surface area contributed by atoms with Crippen LogP contribution in [0.25, 0.3) is 0 Å². The van der Waals surface area contributed by atoms with E-state index in [-0.39, 0.29) is 6.10 Å². The Morgan fingerprint density at radius 3 is 2.11 bits per heavy atom. The second kappa shape index (κ2) is 15.2. The summed E-state index contributed by atoms with van der Waals surface area (Å²) in [4.78, 5) is 24.5. The molecule has 2 aromatic rings. The molecule has 0 saturated carbocycles. The van der Waals surface area contributed by atoms with Gasteiger partial charge in [0.15, 0.2) is 0 Å². The number of aryl methyl sites for hydroxylation is 1. The molecule has 2 N–H and O–H groups in total. The molecule has 1 saturated heterocycles. The van der Waals surface area contributed by atoms with Gasteiger partial charge in [-0.1, -0.05) is 6.07 Å². The molecule has 1 aliphatic heterocycles. The molecule has 0 aromatic carbocycles. The van der Waals surface area contributed by atoms with E-state index in [2.05, 4.69) is 27.2 Å². The van der Waals surface area contributed by atoms with Crippen molar-refractivity contribution in [3.63, 3.8) is 0 Å². The Morgan fingerprint density at radius 1 is 1.05 bits per heavy atom. The van der Waals surface area contributed by atoms with E-state index >= 15 is 0 Å². The number of aliphatic carboxylic acids is 2. The van der Waals surface area contributed by atoms with Crippen LogP contribution in [0.3, 0.4) is 0 Å². The highest BCUT2D eigenvalue weighted by atomic mass is 19.4. The van der Waals surface area contributed by atoms with Crippen LogP contribution in [-0.2, 0) is 39.1 Å². The lowest BCUT2D eigenvalue weighted by molar-refractivity contribution is -0.193. The van der Waals surface area contributed by atoms with Crippen molar-refractivity contribution in [2.75, 3.05) is 26.9 Å². The number of carbonyl (C=O) groups is 2. The topological polar surface area (TPSA) is 127 Å². The van der Waals surface area contributed by atoms with Crippen LogP contribution in [0.2, 0.25) is 0 Å². The standard InChI is InChI=1S/C18H26N4O2.2C2HF3O2/c1-21-13-16(12-20-21)10-17-18(24-9-8-23-2)5-7-22(17)14-15-4-3-6-19-11-15;2*3-2(4,5)1(6)7/h3-4,6,11-13,17-18H,5,7-10,14H2,1-2H3;2*(H,6,7)/t17-,18-;;/m0../s1. The van der Waals surface area contributed by atoms with E-state index in [4.69, 9.17) is 29.3 Å². The van der Waals surface area contributed by atoms with Gasteiger partial charge >= 0.3 is 24.3 Å². The number of aromatic nitrogens is 3. The van der Waals surface area contributed by atoms with Crippen molar-refractivity contribution in [3.8, 4) is 0 Å². The Morgan fingerprint density at radius 2 is 1.66 bits per heavy atom. The Labute approximate surface area is 213 Å². The Balaban J connectivity index is 0.000000426. The fourth-order valence-corrected chi connectivity index (χ4v) is 3.37. The second-order valence-electron chi connectivity index (χ2n) is 7.92. The number of rotatable bonds is 8. The highest BCUT2D eigenvalue weighted by molar-refractivity contribution is 5.73.